The first-order valence-corrected chi connectivity index (χ1v) is 5.38. The van der Waals surface area contributed by atoms with Gasteiger partial charge in [0.15, 0.2) is 0 Å². The van der Waals surface area contributed by atoms with E-state index in [-0.39, 0.29) is 0 Å². The normalized spacial score (nSPS) is 11.6. The molecule has 0 aliphatic carbocycles. The summed E-state index contributed by atoms with van der Waals surface area (Å²) in [6.07, 6.45) is 0. The number of hydrogen-bond acceptors (Lipinski definition) is 2. The summed E-state index contributed by atoms with van der Waals surface area (Å²) in [5, 5.41) is 14.0. The Morgan fingerprint density at radius 2 is 1.94 bits per heavy atom. The van der Waals surface area contributed by atoms with Gasteiger partial charge in [-0.05, 0) is 24.6 Å². The highest BCUT2D eigenvalue weighted by Gasteiger charge is 2.12. The van der Waals surface area contributed by atoms with E-state index in [0.29, 0.717) is 11.6 Å². The Hall–Kier alpha value is -1.75. The molecule has 0 saturated heterocycles. The standard InChI is InChI=1S/C11H13ClN2O3/c1-7(10(15)16)14-11(17)13-6-8-2-4-9(12)5-3-8/h2-5,7H,6H2,1H3,(H,15,16)(H2,13,14,17)/t7-/m0/s1. The molecule has 3 N–H and O–H groups in total. The van der Waals surface area contributed by atoms with Crippen molar-refractivity contribution >= 4 is 23.6 Å². The van der Waals surface area contributed by atoms with Crippen molar-refractivity contribution in [1.29, 1.82) is 0 Å². The number of benzene rings is 1. The molecule has 0 saturated carbocycles. The van der Waals surface area contributed by atoms with Gasteiger partial charge in [-0.2, -0.15) is 0 Å². The highest BCUT2D eigenvalue weighted by molar-refractivity contribution is 6.30. The van der Waals surface area contributed by atoms with Crippen molar-refractivity contribution < 1.29 is 14.7 Å². The first kappa shape index (κ1) is 13.3. The number of halogens is 1. The van der Waals surface area contributed by atoms with Crippen LogP contribution < -0.4 is 10.6 Å². The molecule has 0 aliphatic rings. The molecule has 1 aromatic rings. The molecule has 1 atom stereocenters. The highest BCUT2D eigenvalue weighted by atomic mass is 35.5. The van der Waals surface area contributed by atoms with Gasteiger partial charge in [0, 0.05) is 11.6 Å². The molecule has 0 unspecified atom stereocenters. The molecule has 0 fully saturated rings. The minimum absolute atomic E-state index is 0.315. The molecule has 2 amide bonds. The van der Waals surface area contributed by atoms with Crippen LogP contribution in [0.5, 0.6) is 0 Å². The summed E-state index contributed by atoms with van der Waals surface area (Å²) in [6.45, 7) is 1.71. The van der Waals surface area contributed by atoms with Gasteiger partial charge in [-0.1, -0.05) is 23.7 Å². The summed E-state index contributed by atoms with van der Waals surface area (Å²) in [7, 11) is 0. The molecular weight excluding hydrogens is 244 g/mol. The number of carboxylic acid groups (broad SMARTS) is 1. The van der Waals surface area contributed by atoms with E-state index in [0.717, 1.165) is 5.56 Å². The van der Waals surface area contributed by atoms with E-state index in [1.807, 2.05) is 0 Å². The summed E-state index contributed by atoms with van der Waals surface area (Å²) < 4.78 is 0. The average Bonchev–Trinajstić information content (AvgIpc) is 2.28. The fourth-order valence-electron chi connectivity index (χ4n) is 1.09. The molecule has 17 heavy (non-hydrogen) atoms. The fourth-order valence-corrected chi connectivity index (χ4v) is 1.22. The highest BCUT2D eigenvalue weighted by Crippen LogP contribution is 2.08. The third-order valence-electron chi connectivity index (χ3n) is 2.08. The van der Waals surface area contributed by atoms with Crippen molar-refractivity contribution in [2.75, 3.05) is 0 Å². The van der Waals surface area contributed by atoms with E-state index in [9.17, 15) is 9.59 Å². The van der Waals surface area contributed by atoms with Gasteiger partial charge < -0.3 is 15.7 Å². The fraction of sp³-hybridized carbons (Fsp3) is 0.273. The van der Waals surface area contributed by atoms with Crippen LogP contribution in [-0.2, 0) is 11.3 Å². The van der Waals surface area contributed by atoms with E-state index < -0.39 is 18.0 Å². The number of nitrogens with one attached hydrogen (secondary N) is 2. The summed E-state index contributed by atoms with van der Waals surface area (Å²) in [5.74, 6) is -1.08. The molecule has 1 rings (SSSR count). The van der Waals surface area contributed by atoms with Gasteiger partial charge in [0.1, 0.15) is 6.04 Å². The topological polar surface area (TPSA) is 78.4 Å². The van der Waals surface area contributed by atoms with Gasteiger partial charge in [0.2, 0.25) is 0 Å². The van der Waals surface area contributed by atoms with E-state index in [4.69, 9.17) is 16.7 Å². The van der Waals surface area contributed by atoms with Gasteiger partial charge >= 0.3 is 12.0 Å². The van der Waals surface area contributed by atoms with Crippen LogP contribution in [0, 0.1) is 0 Å². The molecule has 0 aliphatic heterocycles. The van der Waals surface area contributed by atoms with Gasteiger partial charge in [0.05, 0.1) is 0 Å². The molecule has 6 heteroatoms. The van der Waals surface area contributed by atoms with Crippen molar-refractivity contribution in [2.45, 2.75) is 19.5 Å². The van der Waals surface area contributed by atoms with Crippen LogP contribution >= 0.6 is 11.6 Å². The SMILES string of the molecule is C[C@H](NC(=O)NCc1ccc(Cl)cc1)C(=O)O. The van der Waals surface area contributed by atoms with Crippen LogP contribution in [0.4, 0.5) is 4.79 Å². The quantitative estimate of drug-likeness (QED) is 0.766. The minimum Gasteiger partial charge on any atom is -0.480 e. The summed E-state index contributed by atoms with van der Waals surface area (Å²) in [6, 6.07) is 5.56. The molecule has 0 radical (unpaired) electrons. The lowest BCUT2D eigenvalue weighted by Crippen LogP contribution is -2.44. The van der Waals surface area contributed by atoms with Crippen LogP contribution in [0.15, 0.2) is 24.3 Å². The maximum absolute atomic E-state index is 11.3. The maximum Gasteiger partial charge on any atom is 0.325 e. The Balaban J connectivity index is 2.38. The Morgan fingerprint density at radius 3 is 2.47 bits per heavy atom. The molecule has 5 nitrogen and oxygen atoms in total. The smallest absolute Gasteiger partial charge is 0.325 e. The van der Waals surface area contributed by atoms with Crippen LogP contribution in [0.25, 0.3) is 0 Å². The first-order chi connectivity index (χ1) is 7.99. The number of amides is 2. The molecular formula is C11H13ClN2O3. The second-order valence-corrected chi connectivity index (χ2v) is 3.95. The second-order valence-electron chi connectivity index (χ2n) is 3.51. The molecule has 1 aromatic carbocycles. The number of carbonyl (C=O) groups is 2. The van der Waals surface area contributed by atoms with Crippen molar-refractivity contribution in [1.82, 2.24) is 10.6 Å². The Bertz CT molecular complexity index is 406. The lowest BCUT2D eigenvalue weighted by molar-refractivity contribution is -0.138. The van der Waals surface area contributed by atoms with Crippen molar-refractivity contribution in [3.05, 3.63) is 34.9 Å². The average molecular weight is 257 g/mol. The van der Waals surface area contributed by atoms with Crippen molar-refractivity contribution in [3.63, 3.8) is 0 Å². The van der Waals surface area contributed by atoms with E-state index in [2.05, 4.69) is 10.6 Å². The summed E-state index contributed by atoms with van der Waals surface area (Å²) in [4.78, 5) is 21.8. The molecule has 92 valence electrons. The molecule has 0 bridgehead atoms. The zero-order chi connectivity index (χ0) is 12.8. The van der Waals surface area contributed by atoms with Gasteiger partial charge in [-0.15, -0.1) is 0 Å². The summed E-state index contributed by atoms with van der Waals surface area (Å²) in [5.41, 5.74) is 0.882. The first-order valence-electron chi connectivity index (χ1n) is 5.00. The van der Waals surface area contributed by atoms with Crippen LogP contribution in [-0.4, -0.2) is 23.1 Å². The number of hydrogen-bond donors (Lipinski definition) is 3. The van der Waals surface area contributed by atoms with E-state index >= 15 is 0 Å². The van der Waals surface area contributed by atoms with Gasteiger partial charge in [-0.25, -0.2) is 4.79 Å². The Labute approximate surface area is 104 Å². The van der Waals surface area contributed by atoms with E-state index in [1.54, 1.807) is 24.3 Å². The largest absolute Gasteiger partial charge is 0.480 e. The Morgan fingerprint density at radius 1 is 1.35 bits per heavy atom. The van der Waals surface area contributed by atoms with Crippen LogP contribution in [0.3, 0.4) is 0 Å². The molecule has 0 spiro atoms. The molecule has 0 heterocycles. The second kappa shape index (κ2) is 6.10. The van der Waals surface area contributed by atoms with Crippen molar-refractivity contribution in [3.8, 4) is 0 Å². The Kier molecular flexibility index (Phi) is 4.78. The lowest BCUT2D eigenvalue weighted by atomic mass is 10.2. The monoisotopic (exact) mass is 256 g/mol. The third kappa shape index (κ3) is 4.74. The van der Waals surface area contributed by atoms with Crippen LogP contribution in [0.2, 0.25) is 5.02 Å². The van der Waals surface area contributed by atoms with Gasteiger partial charge in [-0.3, -0.25) is 4.79 Å². The number of urea groups is 1. The maximum atomic E-state index is 11.3. The number of rotatable bonds is 4. The minimum atomic E-state index is -1.08. The van der Waals surface area contributed by atoms with Crippen LogP contribution in [0.1, 0.15) is 12.5 Å². The number of carboxylic acids is 1. The lowest BCUT2D eigenvalue weighted by Gasteiger charge is -2.10. The zero-order valence-corrected chi connectivity index (χ0v) is 9.99. The predicted molar refractivity (Wildman–Crippen MR) is 63.9 cm³/mol. The van der Waals surface area contributed by atoms with Crippen molar-refractivity contribution in [2.24, 2.45) is 0 Å². The molecule has 0 aromatic heterocycles. The zero-order valence-electron chi connectivity index (χ0n) is 9.24. The van der Waals surface area contributed by atoms with E-state index in [1.165, 1.54) is 6.92 Å². The number of carbonyl (C=O) groups excluding carboxylic acids is 1. The third-order valence-corrected chi connectivity index (χ3v) is 2.34. The summed E-state index contributed by atoms with van der Waals surface area (Å²) >= 11 is 5.71. The van der Waals surface area contributed by atoms with Gasteiger partial charge in [0.25, 0.3) is 0 Å². The number of aliphatic carboxylic acids is 1. The predicted octanol–water partition coefficient (Wildman–Crippen LogP) is 1.61.